The molecule has 1 amide bonds. The lowest BCUT2D eigenvalue weighted by atomic mass is 10.2. The molecule has 1 saturated heterocycles. The molecule has 1 heterocycles. The first-order chi connectivity index (χ1) is 8.49. The van der Waals surface area contributed by atoms with E-state index in [1.54, 1.807) is 4.90 Å². The molecular formula is C12H21IN2O2S. The Morgan fingerprint density at radius 1 is 1.28 bits per heavy atom. The first-order valence-corrected chi connectivity index (χ1v) is 8.39. The largest absolute Gasteiger partial charge is 0.331 e. The molecule has 0 spiro atoms. The van der Waals surface area contributed by atoms with E-state index >= 15 is 0 Å². The van der Waals surface area contributed by atoms with E-state index in [9.17, 15) is 9.59 Å². The Labute approximate surface area is 127 Å². The van der Waals surface area contributed by atoms with Gasteiger partial charge in [-0.25, -0.2) is 0 Å². The third kappa shape index (κ3) is 6.38. The molecule has 0 bridgehead atoms. The maximum absolute atomic E-state index is 11.7. The van der Waals surface area contributed by atoms with Gasteiger partial charge in [0.05, 0.1) is 0 Å². The second-order valence-electron chi connectivity index (χ2n) is 4.61. The zero-order chi connectivity index (χ0) is 13.5. The van der Waals surface area contributed by atoms with Gasteiger partial charge >= 0.3 is 0 Å². The van der Waals surface area contributed by atoms with Crippen LogP contribution in [0.15, 0.2) is 0 Å². The van der Waals surface area contributed by atoms with E-state index in [2.05, 4.69) is 34.4 Å². The van der Waals surface area contributed by atoms with Crippen molar-refractivity contribution >= 4 is 44.7 Å². The Hall–Kier alpha value is 0.180. The molecule has 1 fully saturated rings. The van der Waals surface area contributed by atoms with Gasteiger partial charge in [0, 0.05) is 48.8 Å². The van der Waals surface area contributed by atoms with Gasteiger partial charge in [0.1, 0.15) is 0 Å². The summed E-state index contributed by atoms with van der Waals surface area (Å²) in [7, 11) is 0. The van der Waals surface area contributed by atoms with Crippen LogP contribution >= 0.6 is 34.4 Å². The SMILES string of the molecule is CC(=O)SC(=O)N1CCN(CCCC(C)I)CC1. The molecule has 1 rings (SSSR count). The second-order valence-corrected chi connectivity index (χ2v) is 7.87. The highest BCUT2D eigenvalue weighted by atomic mass is 127. The number of halogens is 1. The van der Waals surface area contributed by atoms with Gasteiger partial charge in [-0.3, -0.25) is 14.5 Å². The molecule has 0 aromatic heterocycles. The fourth-order valence-electron chi connectivity index (χ4n) is 1.94. The number of thioether (sulfide) groups is 1. The fraction of sp³-hybridized carbons (Fsp3) is 0.833. The summed E-state index contributed by atoms with van der Waals surface area (Å²) in [4.78, 5) is 26.7. The topological polar surface area (TPSA) is 40.6 Å². The van der Waals surface area contributed by atoms with Crippen molar-refractivity contribution in [3.63, 3.8) is 0 Å². The van der Waals surface area contributed by atoms with Gasteiger partial charge in [-0.1, -0.05) is 29.5 Å². The minimum Gasteiger partial charge on any atom is -0.331 e. The maximum Gasteiger partial charge on any atom is 0.289 e. The quantitative estimate of drug-likeness (QED) is 0.552. The number of hydrogen-bond donors (Lipinski definition) is 0. The van der Waals surface area contributed by atoms with Crippen LogP contribution < -0.4 is 0 Å². The van der Waals surface area contributed by atoms with Gasteiger partial charge in [-0.2, -0.15) is 0 Å². The van der Waals surface area contributed by atoms with Crippen molar-refractivity contribution in [3.05, 3.63) is 0 Å². The first-order valence-electron chi connectivity index (χ1n) is 6.33. The normalized spacial score (nSPS) is 18.7. The zero-order valence-corrected chi connectivity index (χ0v) is 14.0. The molecule has 1 aliphatic rings. The standard InChI is InChI=1S/C12H21IN2O2S/c1-10(13)4-3-5-14-6-8-15(9-7-14)12(17)18-11(2)16/h10H,3-9H2,1-2H3. The van der Waals surface area contributed by atoms with E-state index in [0.717, 1.165) is 48.4 Å². The average molecular weight is 384 g/mol. The van der Waals surface area contributed by atoms with E-state index in [4.69, 9.17) is 0 Å². The zero-order valence-electron chi connectivity index (χ0n) is 11.0. The summed E-state index contributed by atoms with van der Waals surface area (Å²) in [6.45, 7) is 8.15. The van der Waals surface area contributed by atoms with Crippen LogP contribution in [0.4, 0.5) is 4.79 Å². The van der Waals surface area contributed by atoms with E-state index in [1.807, 2.05) is 0 Å². The Bertz CT molecular complexity index is 292. The maximum atomic E-state index is 11.7. The fourth-order valence-corrected chi connectivity index (χ4v) is 2.94. The predicted octanol–water partition coefficient (Wildman–Crippen LogP) is 2.61. The van der Waals surface area contributed by atoms with Gasteiger partial charge in [0.15, 0.2) is 5.12 Å². The van der Waals surface area contributed by atoms with E-state index in [0.29, 0.717) is 0 Å². The van der Waals surface area contributed by atoms with Gasteiger partial charge in [0.25, 0.3) is 5.24 Å². The lowest BCUT2D eigenvalue weighted by Crippen LogP contribution is -2.47. The van der Waals surface area contributed by atoms with Crippen LogP contribution in [0.5, 0.6) is 0 Å². The Kier molecular flexibility index (Phi) is 7.55. The van der Waals surface area contributed by atoms with Crippen molar-refractivity contribution in [2.45, 2.75) is 30.6 Å². The van der Waals surface area contributed by atoms with Crippen molar-refractivity contribution in [2.24, 2.45) is 0 Å². The molecule has 0 aliphatic carbocycles. The molecule has 0 aromatic rings. The number of carbonyl (C=O) groups excluding carboxylic acids is 2. The summed E-state index contributed by atoms with van der Waals surface area (Å²) in [5.41, 5.74) is 0. The molecule has 0 radical (unpaired) electrons. The number of alkyl halides is 1. The summed E-state index contributed by atoms with van der Waals surface area (Å²) in [5.74, 6) is 0. The third-order valence-electron chi connectivity index (χ3n) is 2.94. The highest BCUT2D eigenvalue weighted by molar-refractivity contribution is 14.1. The van der Waals surface area contributed by atoms with Gasteiger partial charge < -0.3 is 4.90 Å². The summed E-state index contributed by atoms with van der Waals surface area (Å²) >= 11 is 3.27. The predicted molar refractivity (Wildman–Crippen MR) is 84.4 cm³/mol. The smallest absolute Gasteiger partial charge is 0.289 e. The van der Waals surface area contributed by atoms with E-state index in [1.165, 1.54) is 19.8 Å². The van der Waals surface area contributed by atoms with Crippen LogP contribution in [0.25, 0.3) is 0 Å². The van der Waals surface area contributed by atoms with Crippen molar-refractivity contribution in [2.75, 3.05) is 32.7 Å². The highest BCUT2D eigenvalue weighted by Gasteiger charge is 2.22. The molecule has 1 unspecified atom stereocenters. The molecule has 18 heavy (non-hydrogen) atoms. The third-order valence-corrected chi connectivity index (χ3v) is 4.28. The molecule has 4 nitrogen and oxygen atoms in total. The molecule has 1 atom stereocenters. The summed E-state index contributed by atoms with van der Waals surface area (Å²) in [6.07, 6.45) is 2.47. The first kappa shape index (κ1) is 16.2. The number of amides is 1. The lowest BCUT2D eigenvalue weighted by Gasteiger charge is -2.34. The van der Waals surface area contributed by atoms with Crippen molar-refractivity contribution in [3.8, 4) is 0 Å². The number of nitrogens with zero attached hydrogens (tertiary/aromatic N) is 2. The average Bonchev–Trinajstić information content (AvgIpc) is 2.28. The number of piperazine rings is 1. The Morgan fingerprint density at radius 3 is 2.39 bits per heavy atom. The van der Waals surface area contributed by atoms with Gasteiger partial charge in [-0.05, 0) is 19.4 Å². The summed E-state index contributed by atoms with van der Waals surface area (Å²) in [6, 6.07) is 0. The van der Waals surface area contributed by atoms with Crippen molar-refractivity contribution in [1.82, 2.24) is 9.80 Å². The van der Waals surface area contributed by atoms with Crippen LogP contribution in [-0.4, -0.2) is 56.8 Å². The second kappa shape index (κ2) is 8.37. The lowest BCUT2D eigenvalue weighted by molar-refractivity contribution is -0.109. The number of hydrogen-bond acceptors (Lipinski definition) is 4. The van der Waals surface area contributed by atoms with Crippen LogP contribution in [-0.2, 0) is 4.79 Å². The summed E-state index contributed by atoms with van der Waals surface area (Å²) < 4.78 is 0.734. The van der Waals surface area contributed by atoms with Crippen molar-refractivity contribution in [1.29, 1.82) is 0 Å². The van der Waals surface area contributed by atoms with Crippen LogP contribution in [0, 0.1) is 0 Å². The highest BCUT2D eigenvalue weighted by Crippen LogP contribution is 2.13. The van der Waals surface area contributed by atoms with E-state index in [-0.39, 0.29) is 10.4 Å². The molecule has 1 aliphatic heterocycles. The summed E-state index contributed by atoms with van der Waals surface area (Å²) in [5, 5.41) is -0.221. The Morgan fingerprint density at radius 2 is 1.89 bits per heavy atom. The number of rotatable bonds is 4. The molecule has 104 valence electrons. The molecule has 0 saturated carbocycles. The van der Waals surface area contributed by atoms with Gasteiger partial charge in [0.2, 0.25) is 0 Å². The molecule has 6 heteroatoms. The van der Waals surface area contributed by atoms with Crippen LogP contribution in [0.3, 0.4) is 0 Å². The van der Waals surface area contributed by atoms with E-state index < -0.39 is 0 Å². The molecular weight excluding hydrogens is 363 g/mol. The minimum absolute atomic E-state index is 0.0944. The number of carbonyl (C=O) groups is 2. The van der Waals surface area contributed by atoms with Crippen LogP contribution in [0.1, 0.15) is 26.7 Å². The van der Waals surface area contributed by atoms with Crippen molar-refractivity contribution < 1.29 is 9.59 Å². The monoisotopic (exact) mass is 384 g/mol. The van der Waals surface area contributed by atoms with Gasteiger partial charge in [-0.15, -0.1) is 0 Å². The molecule has 0 aromatic carbocycles. The molecule has 0 N–H and O–H groups in total. The van der Waals surface area contributed by atoms with Crippen LogP contribution in [0.2, 0.25) is 0 Å². The Balaban J connectivity index is 2.20. The minimum atomic E-state index is -0.126.